The number of aromatic carboxylic acids is 1. The summed E-state index contributed by atoms with van der Waals surface area (Å²) in [4.78, 5) is 19.0. The highest BCUT2D eigenvalue weighted by Gasteiger charge is 2.06. The highest BCUT2D eigenvalue weighted by Crippen LogP contribution is 2.08. The van der Waals surface area contributed by atoms with E-state index in [9.17, 15) is 4.79 Å². The predicted octanol–water partition coefficient (Wildman–Crippen LogP) is 1.67. The van der Waals surface area contributed by atoms with E-state index < -0.39 is 5.97 Å². The molecule has 2 N–H and O–H groups in total. The number of pyridine rings is 1. The number of carbonyl (C=O) groups is 1. The number of oxazole rings is 1. The summed E-state index contributed by atoms with van der Waals surface area (Å²) in [5.74, 6) is 0.482. The zero-order valence-electron chi connectivity index (χ0n) is 10.8. The first kappa shape index (κ1) is 13.2. The summed E-state index contributed by atoms with van der Waals surface area (Å²) in [5.41, 5.74) is 1.84. The predicted molar refractivity (Wildman–Crippen MR) is 67.7 cm³/mol. The minimum absolute atomic E-state index is 0.183. The molecular weight excluding hydrogens is 246 g/mol. The molecule has 0 saturated heterocycles. The van der Waals surface area contributed by atoms with Gasteiger partial charge >= 0.3 is 5.97 Å². The molecule has 0 unspecified atom stereocenters. The van der Waals surface area contributed by atoms with Gasteiger partial charge in [0, 0.05) is 12.7 Å². The van der Waals surface area contributed by atoms with Crippen LogP contribution in [0.25, 0.3) is 0 Å². The van der Waals surface area contributed by atoms with Crippen LogP contribution in [-0.4, -0.2) is 21.0 Å². The van der Waals surface area contributed by atoms with Crippen LogP contribution in [0, 0.1) is 13.8 Å². The molecule has 0 aliphatic carbocycles. The number of hydrogen-bond acceptors (Lipinski definition) is 5. The number of carboxylic acid groups (broad SMARTS) is 1. The standard InChI is InChI=1S/C13H15N3O3/c1-8-9(2)19-12(16-8)7-14-6-11-4-3-10(5-15-11)13(17)18/h3-5,14H,6-7H2,1-2H3,(H,17,18). The van der Waals surface area contributed by atoms with Crippen molar-refractivity contribution in [2.45, 2.75) is 26.9 Å². The third-order valence-corrected chi connectivity index (χ3v) is 2.73. The molecular formula is C13H15N3O3. The lowest BCUT2D eigenvalue weighted by Gasteiger charge is -2.02. The van der Waals surface area contributed by atoms with Crippen LogP contribution in [0.1, 0.15) is 33.4 Å². The molecule has 6 nitrogen and oxygen atoms in total. The van der Waals surface area contributed by atoms with Crippen LogP contribution in [0.3, 0.4) is 0 Å². The van der Waals surface area contributed by atoms with Crippen molar-refractivity contribution in [3.05, 3.63) is 46.9 Å². The number of aryl methyl sites for hydroxylation is 2. The lowest BCUT2D eigenvalue weighted by molar-refractivity contribution is 0.0696. The molecule has 100 valence electrons. The fraction of sp³-hybridized carbons (Fsp3) is 0.308. The number of nitrogens with one attached hydrogen (secondary N) is 1. The molecule has 0 aliphatic rings. The van der Waals surface area contributed by atoms with E-state index in [-0.39, 0.29) is 5.56 Å². The van der Waals surface area contributed by atoms with Crippen LogP contribution in [-0.2, 0) is 13.1 Å². The van der Waals surface area contributed by atoms with Gasteiger partial charge in [-0.3, -0.25) is 4.98 Å². The van der Waals surface area contributed by atoms with Gasteiger partial charge in [0.1, 0.15) is 5.76 Å². The van der Waals surface area contributed by atoms with Crippen LogP contribution < -0.4 is 5.32 Å². The summed E-state index contributed by atoms with van der Waals surface area (Å²) in [6.07, 6.45) is 1.35. The lowest BCUT2D eigenvalue weighted by Crippen LogP contribution is -2.14. The average Bonchev–Trinajstić information content (AvgIpc) is 2.69. The third-order valence-electron chi connectivity index (χ3n) is 2.73. The van der Waals surface area contributed by atoms with E-state index in [2.05, 4.69) is 15.3 Å². The van der Waals surface area contributed by atoms with E-state index in [1.165, 1.54) is 12.3 Å². The van der Waals surface area contributed by atoms with Crippen molar-refractivity contribution in [1.29, 1.82) is 0 Å². The van der Waals surface area contributed by atoms with Gasteiger partial charge in [-0.1, -0.05) is 0 Å². The number of aromatic nitrogens is 2. The third kappa shape index (κ3) is 3.38. The first-order valence-corrected chi connectivity index (χ1v) is 5.88. The van der Waals surface area contributed by atoms with Crippen LogP contribution >= 0.6 is 0 Å². The highest BCUT2D eigenvalue weighted by molar-refractivity contribution is 5.87. The Morgan fingerprint density at radius 2 is 2.16 bits per heavy atom. The normalized spacial score (nSPS) is 10.6. The van der Waals surface area contributed by atoms with Gasteiger partial charge in [0.2, 0.25) is 5.89 Å². The second-order valence-corrected chi connectivity index (χ2v) is 4.20. The van der Waals surface area contributed by atoms with Gasteiger partial charge in [-0.2, -0.15) is 0 Å². The van der Waals surface area contributed by atoms with Gasteiger partial charge in [0.25, 0.3) is 0 Å². The molecule has 0 aromatic carbocycles. The molecule has 2 aromatic rings. The Kier molecular flexibility index (Phi) is 3.91. The quantitative estimate of drug-likeness (QED) is 0.851. The zero-order valence-corrected chi connectivity index (χ0v) is 10.8. The smallest absolute Gasteiger partial charge is 0.337 e. The summed E-state index contributed by atoms with van der Waals surface area (Å²) in [6, 6.07) is 3.22. The first-order valence-electron chi connectivity index (χ1n) is 5.88. The van der Waals surface area contributed by atoms with Gasteiger partial charge in [0.15, 0.2) is 0 Å². The minimum atomic E-state index is -0.974. The fourth-order valence-corrected chi connectivity index (χ4v) is 1.57. The van der Waals surface area contributed by atoms with E-state index in [0.717, 1.165) is 17.1 Å². The number of rotatable bonds is 5. The van der Waals surface area contributed by atoms with Crippen LogP contribution in [0.15, 0.2) is 22.7 Å². The average molecular weight is 261 g/mol. The van der Waals surface area contributed by atoms with Crippen molar-refractivity contribution in [2.24, 2.45) is 0 Å². The van der Waals surface area contributed by atoms with Gasteiger partial charge in [-0.25, -0.2) is 9.78 Å². The molecule has 2 rings (SSSR count). The summed E-state index contributed by atoms with van der Waals surface area (Å²) < 4.78 is 5.43. The largest absolute Gasteiger partial charge is 0.478 e. The van der Waals surface area contributed by atoms with Crippen molar-refractivity contribution < 1.29 is 14.3 Å². The fourth-order valence-electron chi connectivity index (χ4n) is 1.57. The van der Waals surface area contributed by atoms with Crippen molar-refractivity contribution in [3.8, 4) is 0 Å². The number of carboxylic acids is 1. The zero-order chi connectivity index (χ0) is 13.8. The van der Waals surface area contributed by atoms with Gasteiger partial charge < -0.3 is 14.8 Å². The van der Waals surface area contributed by atoms with Gasteiger partial charge in [-0.05, 0) is 26.0 Å². The summed E-state index contributed by atoms with van der Waals surface area (Å²) >= 11 is 0. The van der Waals surface area contributed by atoms with Crippen molar-refractivity contribution in [3.63, 3.8) is 0 Å². The maximum absolute atomic E-state index is 10.7. The number of nitrogens with zero attached hydrogens (tertiary/aromatic N) is 2. The van der Waals surface area contributed by atoms with Crippen molar-refractivity contribution in [2.75, 3.05) is 0 Å². The van der Waals surface area contributed by atoms with Crippen molar-refractivity contribution >= 4 is 5.97 Å². The molecule has 0 saturated carbocycles. The summed E-state index contributed by atoms with van der Waals surface area (Å²) in [5, 5.41) is 11.9. The van der Waals surface area contributed by atoms with E-state index in [0.29, 0.717) is 19.0 Å². The summed E-state index contributed by atoms with van der Waals surface area (Å²) in [6.45, 7) is 4.81. The molecule has 0 fully saturated rings. The molecule has 6 heteroatoms. The van der Waals surface area contributed by atoms with Crippen molar-refractivity contribution in [1.82, 2.24) is 15.3 Å². The molecule has 0 amide bonds. The summed E-state index contributed by atoms with van der Waals surface area (Å²) in [7, 11) is 0. The Morgan fingerprint density at radius 3 is 2.68 bits per heavy atom. The molecule has 19 heavy (non-hydrogen) atoms. The van der Waals surface area contributed by atoms with Gasteiger partial charge in [0.05, 0.1) is 23.5 Å². The van der Waals surface area contributed by atoms with Crippen LogP contribution in [0.4, 0.5) is 0 Å². The molecule has 0 radical (unpaired) electrons. The van der Waals surface area contributed by atoms with Crippen LogP contribution in [0.2, 0.25) is 0 Å². The maximum Gasteiger partial charge on any atom is 0.337 e. The van der Waals surface area contributed by atoms with E-state index in [4.69, 9.17) is 9.52 Å². The van der Waals surface area contributed by atoms with E-state index in [1.54, 1.807) is 6.07 Å². The second-order valence-electron chi connectivity index (χ2n) is 4.20. The maximum atomic E-state index is 10.7. The van der Waals surface area contributed by atoms with Crippen LogP contribution in [0.5, 0.6) is 0 Å². The number of hydrogen-bond donors (Lipinski definition) is 2. The lowest BCUT2D eigenvalue weighted by atomic mass is 10.2. The monoisotopic (exact) mass is 261 g/mol. The Balaban J connectivity index is 1.87. The van der Waals surface area contributed by atoms with E-state index in [1.807, 2.05) is 13.8 Å². The Morgan fingerprint density at radius 1 is 1.37 bits per heavy atom. The topological polar surface area (TPSA) is 88.2 Å². The molecule has 0 atom stereocenters. The van der Waals surface area contributed by atoms with E-state index >= 15 is 0 Å². The SMILES string of the molecule is Cc1nc(CNCc2ccc(C(=O)O)cn2)oc1C. The molecule has 0 bridgehead atoms. The van der Waals surface area contributed by atoms with Gasteiger partial charge in [-0.15, -0.1) is 0 Å². The second kappa shape index (κ2) is 5.62. The Hall–Kier alpha value is -2.21. The molecule has 2 aromatic heterocycles. The molecule has 2 heterocycles. The Labute approximate surface area is 110 Å². The Bertz CT molecular complexity index is 556. The first-order chi connectivity index (χ1) is 9.06. The molecule has 0 aliphatic heterocycles. The minimum Gasteiger partial charge on any atom is -0.478 e. The highest BCUT2D eigenvalue weighted by atomic mass is 16.4. The molecule has 0 spiro atoms.